The molecule has 0 aliphatic carbocycles. The van der Waals surface area contributed by atoms with Gasteiger partial charge in [-0.15, -0.1) is 0 Å². The standard InChI is InChI=1S/C36H78N3.3BrH/c1-9-12-14-16-18-20-22-24-26-28-31-37(4,5)33-35-39(8,30-11-3)36-34-38(6,7)32-29-27-25-23-21-19-17-15-13-10-2;;;/h11H,3,9-10,12-36H2,1-2,4-8H3;3*1H/q+3;;;/p-3. The summed E-state index contributed by atoms with van der Waals surface area (Å²) in [4.78, 5) is 0. The molecule has 0 spiro atoms. The molecule has 0 aromatic carbocycles. The predicted molar refractivity (Wildman–Crippen MR) is 178 cm³/mol. The molecule has 0 bridgehead atoms. The molecule has 0 aliphatic rings. The van der Waals surface area contributed by atoms with Crippen LogP contribution in [-0.4, -0.2) is 94.5 Å². The van der Waals surface area contributed by atoms with Crippen LogP contribution in [0, 0.1) is 0 Å². The Hall–Kier alpha value is 1.06. The normalized spacial score (nSPS) is 11.9. The molecule has 258 valence electrons. The Kier molecular flexibility index (Phi) is 38.1. The summed E-state index contributed by atoms with van der Waals surface area (Å²) in [6.45, 7) is 17.5. The van der Waals surface area contributed by atoms with E-state index in [2.05, 4.69) is 61.7 Å². The van der Waals surface area contributed by atoms with Gasteiger partial charge in [-0.3, -0.25) is 0 Å². The van der Waals surface area contributed by atoms with Gasteiger partial charge in [0.25, 0.3) is 0 Å². The van der Waals surface area contributed by atoms with Gasteiger partial charge < -0.3 is 64.4 Å². The summed E-state index contributed by atoms with van der Waals surface area (Å²) in [5.41, 5.74) is 0. The Morgan fingerprint density at radius 2 is 0.643 bits per heavy atom. The molecule has 0 fully saturated rings. The number of halogens is 3. The maximum absolute atomic E-state index is 4.12. The summed E-state index contributed by atoms with van der Waals surface area (Å²) in [6.07, 6.45) is 30.7. The molecule has 42 heavy (non-hydrogen) atoms. The Balaban J connectivity index is -0.00000241. The van der Waals surface area contributed by atoms with E-state index < -0.39 is 0 Å². The lowest BCUT2D eigenvalue weighted by Crippen LogP contribution is -3.00. The SMILES string of the molecule is C=CC[N+](C)(CC[N+](C)(C)CCCCCCCCCCCC)CC[N+](C)(C)CCCCCCCCCCCC.[Br-].[Br-].[Br-]. The first-order valence-corrected chi connectivity index (χ1v) is 17.7. The van der Waals surface area contributed by atoms with Crippen LogP contribution < -0.4 is 50.9 Å². The largest absolute Gasteiger partial charge is 1.00 e. The van der Waals surface area contributed by atoms with Gasteiger partial charge in [0.2, 0.25) is 0 Å². The number of unbranched alkanes of at least 4 members (excludes halogenated alkanes) is 18. The van der Waals surface area contributed by atoms with E-state index in [4.69, 9.17) is 0 Å². The smallest absolute Gasteiger partial charge is 0.129 e. The lowest BCUT2D eigenvalue weighted by molar-refractivity contribution is -0.974. The maximum atomic E-state index is 4.12. The molecule has 0 radical (unpaired) electrons. The minimum absolute atomic E-state index is 0. The number of likely N-dealkylation sites (N-methyl/N-ethyl adjacent to an activating group) is 3. The number of quaternary nitrogens is 3. The van der Waals surface area contributed by atoms with Crippen molar-refractivity contribution in [3.05, 3.63) is 12.7 Å². The fourth-order valence-corrected chi connectivity index (χ4v) is 5.91. The summed E-state index contributed by atoms with van der Waals surface area (Å²) in [6, 6.07) is 0. The molecule has 3 nitrogen and oxygen atoms in total. The Labute approximate surface area is 298 Å². The van der Waals surface area contributed by atoms with Crippen molar-refractivity contribution < 1.29 is 64.4 Å². The lowest BCUT2D eigenvalue weighted by atomic mass is 10.1. The summed E-state index contributed by atoms with van der Waals surface area (Å²) in [7, 11) is 12.3. The first kappa shape index (κ1) is 49.9. The van der Waals surface area contributed by atoms with Crippen LogP contribution in [0.5, 0.6) is 0 Å². The molecule has 0 aliphatic heterocycles. The zero-order chi connectivity index (χ0) is 29.3. The highest BCUT2D eigenvalue weighted by atomic mass is 79.9. The highest BCUT2D eigenvalue weighted by molar-refractivity contribution is 4.65. The number of hydrogen-bond donors (Lipinski definition) is 0. The first-order chi connectivity index (χ1) is 18.6. The van der Waals surface area contributed by atoms with Crippen LogP contribution in [0.25, 0.3) is 0 Å². The minimum atomic E-state index is 0. The van der Waals surface area contributed by atoms with E-state index in [0.717, 1.165) is 11.0 Å². The Bertz CT molecular complexity index is 515. The zero-order valence-electron chi connectivity index (χ0n) is 29.9. The van der Waals surface area contributed by atoms with E-state index in [9.17, 15) is 0 Å². The molecule has 0 atom stereocenters. The Morgan fingerprint density at radius 3 is 0.905 bits per heavy atom. The van der Waals surface area contributed by atoms with Crippen LogP contribution >= 0.6 is 0 Å². The van der Waals surface area contributed by atoms with Crippen LogP contribution in [0.2, 0.25) is 0 Å². The van der Waals surface area contributed by atoms with Gasteiger partial charge in [0.1, 0.15) is 26.2 Å². The molecule has 0 amide bonds. The Morgan fingerprint density at radius 1 is 0.381 bits per heavy atom. The summed E-state index contributed by atoms with van der Waals surface area (Å²) < 4.78 is 3.47. The molecule has 0 aromatic heterocycles. The highest BCUT2D eigenvalue weighted by Crippen LogP contribution is 2.15. The summed E-state index contributed by atoms with van der Waals surface area (Å²) >= 11 is 0. The third kappa shape index (κ3) is 32.5. The maximum Gasteiger partial charge on any atom is 0.129 e. The molecular weight excluding hydrogens is 714 g/mol. The van der Waals surface area contributed by atoms with E-state index in [1.54, 1.807) is 0 Å². The quantitative estimate of drug-likeness (QED) is 0.0570. The number of rotatable bonds is 30. The van der Waals surface area contributed by atoms with Gasteiger partial charge in [-0.05, 0) is 31.8 Å². The van der Waals surface area contributed by atoms with Gasteiger partial charge in [-0.1, -0.05) is 123 Å². The molecule has 0 unspecified atom stereocenters. The average molecular weight is 793 g/mol. The predicted octanol–water partition coefficient (Wildman–Crippen LogP) is 0.626. The second-order valence-corrected chi connectivity index (χ2v) is 14.7. The van der Waals surface area contributed by atoms with E-state index in [0.29, 0.717) is 0 Å². The first-order valence-electron chi connectivity index (χ1n) is 17.7. The molecule has 0 saturated carbocycles. The minimum Gasteiger partial charge on any atom is -1.00 e. The monoisotopic (exact) mass is 789 g/mol. The molecule has 0 N–H and O–H groups in total. The molecular formula is C36H78Br3N3. The van der Waals surface area contributed by atoms with Gasteiger partial charge in [-0.2, -0.15) is 0 Å². The molecule has 0 heterocycles. The number of nitrogens with zero attached hydrogens (tertiary/aromatic N) is 3. The molecule has 0 saturated heterocycles. The van der Waals surface area contributed by atoms with Crippen molar-refractivity contribution in [2.45, 2.75) is 142 Å². The number of hydrogen-bond acceptors (Lipinski definition) is 0. The second kappa shape index (κ2) is 32.0. The lowest BCUT2D eigenvalue weighted by Gasteiger charge is -2.40. The summed E-state index contributed by atoms with van der Waals surface area (Å²) in [5, 5.41) is 0. The zero-order valence-corrected chi connectivity index (χ0v) is 34.6. The average Bonchev–Trinajstić information content (AvgIpc) is 2.89. The van der Waals surface area contributed by atoms with Crippen LogP contribution in [0.3, 0.4) is 0 Å². The van der Waals surface area contributed by atoms with Crippen molar-refractivity contribution >= 4 is 0 Å². The summed E-state index contributed by atoms with van der Waals surface area (Å²) in [5.74, 6) is 0. The fraction of sp³-hybridized carbons (Fsp3) is 0.944. The van der Waals surface area contributed by atoms with Crippen molar-refractivity contribution in [2.24, 2.45) is 0 Å². The third-order valence-corrected chi connectivity index (χ3v) is 9.29. The van der Waals surface area contributed by atoms with Gasteiger partial charge in [0, 0.05) is 0 Å². The van der Waals surface area contributed by atoms with E-state index in [1.807, 2.05) is 0 Å². The van der Waals surface area contributed by atoms with E-state index in [1.165, 1.54) is 177 Å². The molecule has 0 rings (SSSR count). The van der Waals surface area contributed by atoms with Crippen molar-refractivity contribution in [3.8, 4) is 0 Å². The van der Waals surface area contributed by atoms with Gasteiger partial charge in [0.05, 0.1) is 54.9 Å². The van der Waals surface area contributed by atoms with Gasteiger partial charge in [0.15, 0.2) is 0 Å². The van der Waals surface area contributed by atoms with Crippen LogP contribution in [0.1, 0.15) is 142 Å². The van der Waals surface area contributed by atoms with Crippen molar-refractivity contribution in [2.75, 3.05) is 81.1 Å². The van der Waals surface area contributed by atoms with Crippen molar-refractivity contribution in [1.82, 2.24) is 0 Å². The molecule has 0 aromatic rings. The van der Waals surface area contributed by atoms with Crippen LogP contribution in [0.4, 0.5) is 0 Å². The van der Waals surface area contributed by atoms with Crippen molar-refractivity contribution in [3.63, 3.8) is 0 Å². The van der Waals surface area contributed by atoms with E-state index in [-0.39, 0.29) is 50.9 Å². The van der Waals surface area contributed by atoms with Gasteiger partial charge in [-0.25, -0.2) is 0 Å². The van der Waals surface area contributed by atoms with Gasteiger partial charge >= 0.3 is 0 Å². The fourth-order valence-electron chi connectivity index (χ4n) is 5.91. The third-order valence-electron chi connectivity index (χ3n) is 9.29. The molecule has 6 heteroatoms. The topological polar surface area (TPSA) is 0 Å². The van der Waals surface area contributed by atoms with E-state index >= 15 is 0 Å². The van der Waals surface area contributed by atoms with Crippen LogP contribution in [-0.2, 0) is 0 Å². The van der Waals surface area contributed by atoms with Crippen LogP contribution in [0.15, 0.2) is 12.7 Å². The van der Waals surface area contributed by atoms with Crippen molar-refractivity contribution in [1.29, 1.82) is 0 Å². The highest BCUT2D eigenvalue weighted by Gasteiger charge is 2.28. The second-order valence-electron chi connectivity index (χ2n) is 14.7.